The molecule has 1 amide bonds. The molecule has 1 aromatic heterocycles. The average molecular weight is 440 g/mol. The number of carbonyl (C=O) groups excluding carboxylic acids is 1. The van der Waals surface area contributed by atoms with Crippen LogP contribution in [0.5, 0.6) is 0 Å². The normalized spacial score (nSPS) is 15.5. The molecule has 0 saturated carbocycles. The molecule has 1 aliphatic rings. The van der Waals surface area contributed by atoms with Gasteiger partial charge in [-0.25, -0.2) is 4.39 Å². The van der Waals surface area contributed by atoms with Gasteiger partial charge in [0.1, 0.15) is 5.82 Å². The van der Waals surface area contributed by atoms with Gasteiger partial charge in [0.05, 0.1) is 11.8 Å². The van der Waals surface area contributed by atoms with E-state index in [4.69, 9.17) is 0 Å². The Bertz CT molecular complexity index is 1000. The zero-order valence-corrected chi connectivity index (χ0v) is 18.3. The van der Waals surface area contributed by atoms with E-state index in [1.165, 1.54) is 43.2 Å². The van der Waals surface area contributed by atoms with Crippen LogP contribution in [0, 0.1) is 5.82 Å². The van der Waals surface area contributed by atoms with E-state index in [0.29, 0.717) is 11.7 Å². The number of piperidine rings is 1. The monoisotopic (exact) mass is 439 g/mol. The van der Waals surface area contributed by atoms with E-state index < -0.39 is 0 Å². The van der Waals surface area contributed by atoms with E-state index in [1.807, 2.05) is 41.8 Å². The van der Waals surface area contributed by atoms with Crippen molar-refractivity contribution >= 4 is 23.4 Å². The summed E-state index contributed by atoms with van der Waals surface area (Å²) in [5.74, 6) is 0.397. The number of anilines is 1. The minimum atomic E-state index is -0.383. The van der Waals surface area contributed by atoms with E-state index >= 15 is 0 Å². The summed E-state index contributed by atoms with van der Waals surface area (Å²) >= 11 is 1.34. The highest BCUT2D eigenvalue weighted by molar-refractivity contribution is 8.00. The molecule has 1 fully saturated rings. The number of nitrogens with one attached hydrogen (secondary N) is 1. The number of para-hydroxylation sites is 1. The lowest BCUT2D eigenvalue weighted by Crippen LogP contribution is -2.30. The van der Waals surface area contributed by atoms with Gasteiger partial charge in [-0.05, 0) is 69.3 Å². The quantitative estimate of drug-likeness (QED) is 0.549. The number of aromatic nitrogens is 3. The molecule has 162 valence electrons. The molecule has 8 heteroatoms. The Kier molecular flexibility index (Phi) is 6.99. The molecule has 1 aliphatic heterocycles. The van der Waals surface area contributed by atoms with Gasteiger partial charge in [0.25, 0.3) is 0 Å². The van der Waals surface area contributed by atoms with Crippen LogP contribution in [0.1, 0.15) is 32.0 Å². The number of thioether (sulfide) groups is 1. The first kappa shape index (κ1) is 21.5. The number of halogens is 1. The van der Waals surface area contributed by atoms with Crippen molar-refractivity contribution in [3.8, 4) is 5.69 Å². The summed E-state index contributed by atoms with van der Waals surface area (Å²) in [6, 6.07) is 15.7. The fourth-order valence-electron chi connectivity index (χ4n) is 3.62. The van der Waals surface area contributed by atoms with Crippen molar-refractivity contribution in [2.45, 2.75) is 43.1 Å². The fraction of sp³-hybridized carbons (Fsp3) is 0.348. The summed E-state index contributed by atoms with van der Waals surface area (Å²) in [5.41, 5.74) is 1.54. The SMILES string of the molecule is CC(Sc1nnc(CN2CCCCC2)n1-c1ccc(F)cc1)C(=O)Nc1ccccc1. The van der Waals surface area contributed by atoms with Crippen LogP contribution in [0.15, 0.2) is 59.8 Å². The number of benzene rings is 2. The van der Waals surface area contributed by atoms with Crippen LogP contribution in [0.25, 0.3) is 5.69 Å². The van der Waals surface area contributed by atoms with Gasteiger partial charge in [-0.15, -0.1) is 10.2 Å². The molecule has 3 aromatic rings. The third-order valence-electron chi connectivity index (χ3n) is 5.29. The van der Waals surface area contributed by atoms with Crippen LogP contribution in [0.3, 0.4) is 0 Å². The second-order valence-electron chi connectivity index (χ2n) is 7.66. The van der Waals surface area contributed by atoms with Crippen LogP contribution in [-0.2, 0) is 11.3 Å². The Morgan fingerprint density at radius 2 is 1.77 bits per heavy atom. The summed E-state index contributed by atoms with van der Waals surface area (Å²) in [6.45, 7) is 4.59. The van der Waals surface area contributed by atoms with Crippen molar-refractivity contribution in [2.75, 3.05) is 18.4 Å². The van der Waals surface area contributed by atoms with Gasteiger partial charge in [-0.1, -0.05) is 36.4 Å². The van der Waals surface area contributed by atoms with Crippen molar-refractivity contribution in [3.05, 3.63) is 66.2 Å². The molecule has 0 bridgehead atoms. The lowest BCUT2D eigenvalue weighted by Gasteiger charge is -2.26. The largest absolute Gasteiger partial charge is 0.325 e. The molecule has 0 aliphatic carbocycles. The van der Waals surface area contributed by atoms with Gasteiger partial charge in [0.15, 0.2) is 11.0 Å². The molecule has 1 saturated heterocycles. The Balaban J connectivity index is 1.55. The van der Waals surface area contributed by atoms with E-state index in [2.05, 4.69) is 20.4 Å². The molecule has 2 aromatic carbocycles. The van der Waals surface area contributed by atoms with Crippen molar-refractivity contribution in [2.24, 2.45) is 0 Å². The standard InChI is InChI=1S/C23H26FN5OS/c1-17(22(30)25-19-8-4-2-5-9-19)31-23-27-26-21(16-28-14-6-3-7-15-28)29(23)20-12-10-18(24)11-13-20/h2,4-5,8-13,17H,3,6-7,14-16H2,1H3,(H,25,30). The summed E-state index contributed by atoms with van der Waals surface area (Å²) in [7, 11) is 0. The van der Waals surface area contributed by atoms with Gasteiger partial charge in [-0.2, -0.15) is 0 Å². The Morgan fingerprint density at radius 1 is 1.06 bits per heavy atom. The molecule has 6 nitrogen and oxygen atoms in total. The summed E-state index contributed by atoms with van der Waals surface area (Å²) < 4.78 is 15.5. The van der Waals surface area contributed by atoms with Crippen LogP contribution in [0.4, 0.5) is 10.1 Å². The van der Waals surface area contributed by atoms with Crippen molar-refractivity contribution in [1.82, 2.24) is 19.7 Å². The predicted octanol–water partition coefficient (Wildman–Crippen LogP) is 4.51. The van der Waals surface area contributed by atoms with Crippen molar-refractivity contribution in [1.29, 1.82) is 0 Å². The zero-order valence-electron chi connectivity index (χ0n) is 17.5. The molecule has 4 rings (SSSR count). The molecule has 31 heavy (non-hydrogen) atoms. The summed E-state index contributed by atoms with van der Waals surface area (Å²) in [4.78, 5) is 15.1. The second-order valence-corrected chi connectivity index (χ2v) is 8.97. The number of nitrogens with zero attached hydrogens (tertiary/aromatic N) is 4. The molecule has 0 radical (unpaired) electrons. The van der Waals surface area contributed by atoms with Gasteiger partial charge in [0, 0.05) is 11.4 Å². The van der Waals surface area contributed by atoms with Gasteiger partial charge in [0.2, 0.25) is 5.91 Å². The molecular weight excluding hydrogens is 413 g/mol. The molecular formula is C23H26FN5OS. The van der Waals surface area contributed by atoms with E-state index in [1.54, 1.807) is 12.1 Å². The van der Waals surface area contributed by atoms with Crippen LogP contribution in [0.2, 0.25) is 0 Å². The van der Waals surface area contributed by atoms with Crippen LogP contribution < -0.4 is 5.32 Å². The topological polar surface area (TPSA) is 63.1 Å². The average Bonchev–Trinajstić information content (AvgIpc) is 3.17. The first-order valence-electron chi connectivity index (χ1n) is 10.6. The van der Waals surface area contributed by atoms with Gasteiger partial charge in [-0.3, -0.25) is 14.3 Å². The second kappa shape index (κ2) is 10.1. The van der Waals surface area contributed by atoms with Crippen LogP contribution >= 0.6 is 11.8 Å². The Morgan fingerprint density at radius 3 is 2.48 bits per heavy atom. The number of carbonyl (C=O) groups is 1. The third kappa shape index (κ3) is 5.51. The minimum absolute atomic E-state index is 0.109. The van der Waals surface area contributed by atoms with Crippen molar-refractivity contribution < 1.29 is 9.18 Å². The molecule has 0 spiro atoms. The zero-order chi connectivity index (χ0) is 21.6. The molecule has 1 atom stereocenters. The molecule has 1 N–H and O–H groups in total. The van der Waals surface area contributed by atoms with E-state index in [-0.39, 0.29) is 17.0 Å². The fourth-order valence-corrected chi connectivity index (χ4v) is 4.51. The lowest BCUT2D eigenvalue weighted by atomic mass is 10.1. The summed E-state index contributed by atoms with van der Waals surface area (Å²) in [6.07, 6.45) is 3.63. The highest BCUT2D eigenvalue weighted by Crippen LogP contribution is 2.27. The maximum atomic E-state index is 13.5. The highest BCUT2D eigenvalue weighted by Gasteiger charge is 2.23. The molecule has 2 heterocycles. The minimum Gasteiger partial charge on any atom is -0.325 e. The maximum absolute atomic E-state index is 13.5. The number of likely N-dealkylation sites (tertiary alicyclic amines) is 1. The van der Waals surface area contributed by atoms with E-state index in [9.17, 15) is 9.18 Å². The number of hydrogen-bond acceptors (Lipinski definition) is 5. The number of rotatable bonds is 7. The first-order valence-corrected chi connectivity index (χ1v) is 11.4. The number of amides is 1. The Labute approximate surface area is 185 Å². The number of hydrogen-bond donors (Lipinski definition) is 1. The van der Waals surface area contributed by atoms with E-state index in [0.717, 1.165) is 30.3 Å². The smallest absolute Gasteiger partial charge is 0.237 e. The van der Waals surface area contributed by atoms with Crippen LogP contribution in [-0.4, -0.2) is 43.9 Å². The predicted molar refractivity (Wildman–Crippen MR) is 121 cm³/mol. The maximum Gasteiger partial charge on any atom is 0.237 e. The van der Waals surface area contributed by atoms with Crippen molar-refractivity contribution in [3.63, 3.8) is 0 Å². The Hall–Kier alpha value is -2.71. The highest BCUT2D eigenvalue weighted by atomic mass is 32.2. The lowest BCUT2D eigenvalue weighted by molar-refractivity contribution is -0.115. The van der Waals surface area contributed by atoms with Gasteiger partial charge >= 0.3 is 0 Å². The summed E-state index contributed by atoms with van der Waals surface area (Å²) in [5, 5.41) is 12.0. The first-order chi connectivity index (χ1) is 15.1. The third-order valence-corrected chi connectivity index (χ3v) is 6.33. The van der Waals surface area contributed by atoms with Gasteiger partial charge < -0.3 is 5.32 Å². The molecule has 1 unspecified atom stereocenters.